The zero-order chi connectivity index (χ0) is 34.5. The van der Waals surface area contributed by atoms with Gasteiger partial charge in [0.1, 0.15) is 25.0 Å². The van der Waals surface area contributed by atoms with Crippen molar-refractivity contribution in [3.8, 4) is 17.6 Å². The van der Waals surface area contributed by atoms with E-state index in [1.54, 1.807) is 4.57 Å². The van der Waals surface area contributed by atoms with Crippen LogP contribution in [0.2, 0.25) is 0 Å². The molecule has 1 aromatic carbocycles. The van der Waals surface area contributed by atoms with Crippen molar-refractivity contribution in [2.75, 3.05) is 20.0 Å². The first-order valence-corrected chi connectivity index (χ1v) is 16.3. The molecule has 2 aliphatic rings. The molecule has 2 aromatic heterocycles. The lowest BCUT2D eigenvalue weighted by Crippen LogP contribution is -2.37. The van der Waals surface area contributed by atoms with Crippen LogP contribution >= 0.6 is 8.53 Å². The maximum atomic E-state index is 12.9. The summed E-state index contributed by atoms with van der Waals surface area (Å²) in [5.41, 5.74) is -0.207. The van der Waals surface area contributed by atoms with Gasteiger partial charge in [-0.2, -0.15) is 5.26 Å². The minimum atomic E-state index is -1.70. The Kier molecular flexibility index (Phi) is 11.1. The second-order valence-corrected chi connectivity index (χ2v) is 12.9. The number of carbonyl (C=O) groups excluding carboxylic acids is 1. The van der Waals surface area contributed by atoms with E-state index in [1.807, 2.05) is 27.7 Å². The Morgan fingerprint density at radius 1 is 1.23 bits per heavy atom. The van der Waals surface area contributed by atoms with Crippen LogP contribution in [0.4, 0.5) is 10.5 Å². The van der Waals surface area contributed by atoms with Crippen LogP contribution in [0.1, 0.15) is 65.4 Å². The summed E-state index contributed by atoms with van der Waals surface area (Å²) in [4.78, 5) is 47.3. The van der Waals surface area contributed by atoms with E-state index < -0.39 is 49.7 Å². The van der Waals surface area contributed by atoms with Gasteiger partial charge in [-0.15, -0.1) is 0 Å². The number of rotatable bonds is 14. The van der Waals surface area contributed by atoms with Gasteiger partial charge in [0, 0.05) is 18.5 Å². The van der Waals surface area contributed by atoms with Gasteiger partial charge in [0.2, 0.25) is 6.79 Å². The van der Waals surface area contributed by atoms with Crippen LogP contribution in [0.3, 0.4) is 0 Å². The summed E-state index contributed by atoms with van der Waals surface area (Å²) in [7, 11) is -1.70. The number of imidazole rings is 1. The van der Waals surface area contributed by atoms with Crippen molar-refractivity contribution < 1.29 is 42.4 Å². The van der Waals surface area contributed by atoms with E-state index in [1.165, 1.54) is 31.7 Å². The van der Waals surface area contributed by atoms with E-state index in [-0.39, 0.29) is 67.4 Å². The maximum absolute atomic E-state index is 12.9. The monoisotopic (exact) mass is 689 g/mol. The van der Waals surface area contributed by atoms with Gasteiger partial charge in [-0.3, -0.25) is 19.5 Å². The first kappa shape index (κ1) is 34.9. The molecule has 0 aliphatic carbocycles. The number of H-pyrrole nitrogens is 1. The predicted molar refractivity (Wildman–Crippen MR) is 167 cm³/mol. The molecule has 2 unspecified atom stereocenters. The first-order chi connectivity index (χ1) is 23.0. The average Bonchev–Trinajstić information content (AvgIpc) is 3.77. The Morgan fingerprint density at radius 2 is 1.96 bits per heavy atom. The fourth-order valence-electron chi connectivity index (χ4n) is 5.44. The lowest BCUT2D eigenvalue weighted by molar-refractivity contribution is -0.386. The molecule has 0 radical (unpaired) electrons. The molecule has 0 amide bonds. The number of hydrogen-bond acceptors (Lipinski definition) is 15. The fraction of sp³-hybridized carbons (Fsp3) is 0.552. The summed E-state index contributed by atoms with van der Waals surface area (Å²) >= 11 is 0. The largest absolute Gasteiger partial charge is 0.508 e. The Labute approximate surface area is 275 Å². The second-order valence-electron chi connectivity index (χ2n) is 11.5. The molecule has 48 heavy (non-hydrogen) atoms. The van der Waals surface area contributed by atoms with Crippen LogP contribution in [-0.2, 0) is 23.3 Å². The van der Waals surface area contributed by atoms with Crippen molar-refractivity contribution in [3.63, 3.8) is 0 Å². The molecule has 0 spiro atoms. The number of hydrogen-bond donors (Lipinski definition) is 1. The van der Waals surface area contributed by atoms with Crippen molar-refractivity contribution in [1.82, 2.24) is 24.2 Å². The maximum Gasteiger partial charge on any atom is 0.508 e. The van der Waals surface area contributed by atoms with E-state index in [0.29, 0.717) is 11.4 Å². The van der Waals surface area contributed by atoms with E-state index in [9.17, 15) is 19.7 Å². The van der Waals surface area contributed by atoms with E-state index in [0.717, 1.165) is 0 Å². The van der Waals surface area contributed by atoms with Gasteiger partial charge in [-0.1, -0.05) is 0 Å². The molecule has 19 heteroatoms. The van der Waals surface area contributed by atoms with Gasteiger partial charge in [0.25, 0.3) is 19.8 Å². The van der Waals surface area contributed by atoms with Crippen molar-refractivity contribution in [2.24, 2.45) is 0 Å². The van der Waals surface area contributed by atoms with Crippen molar-refractivity contribution in [3.05, 3.63) is 50.8 Å². The van der Waals surface area contributed by atoms with Gasteiger partial charge in [-0.05, 0) is 40.7 Å². The Morgan fingerprint density at radius 3 is 2.65 bits per heavy atom. The number of nitro groups is 1. The van der Waals surface area contributed by atoms with Crippen molar-refractivity contribution >= 4 is 31.5 Å². The van der Waals surface area contributed by atoms with Crippen LogP contribution in [0.5, 0.6) is 11.5 Å². The summed E-state index contributed by atoms with van der Waals surface area (Å²) < 4.78 is 44.1. The zero-order valence-corrected chi connectivity index (χ0v) is 27.8. The number of ether oxygens (including phenoxy) is 5. The third-order valence-electron chi connectivity index (χ3n) is 7.54. The number of nitriles is 1. The lowest BCUT2D eigenvalue weighted by atomic mass is 10.1. The normalized spacial score (nSPS) is 19.9. The van der Waals surface area contributed by atoms with Crippen molar-refractivity contribution in [1.29, 1.82) is 5.26 Å². The average molecular weight is 690 g/mol. The molecular formula is C29H36N7O11P. The molecule has 5 atom stereocenters. The third kappa shape index (κ3) is 7.66. The molecular weight excluding hydrogens is 653 g/mol. The van der Waals surface area contributed by atoms with E-state index in [4.69, 9.17) is 38.0 Å². The Balaban J connectivity index is 1.35. The standard InChI is InChI=1S/C29H36N7O11P/c1-16(2)35(17(3)4)48(44-8-6-7-30)47-23-11-25(34-14-33-26-27(34)31-13-32-28(26)37)46-24(23)12-41-29(38)45-18(5)19-9-21-22(43-15-42-21)10-20(19)36(39)40/h9-10,13-14,16-18,23-25H,6,8,11-12,15H2,1-5H3,(H,31,32,37)/t18?,23-,24+,25+,48?/m0/s1. The van der Waals surface area contributed by atoms with Gasteiger partial charge in [0.15, 0.2) is 22.7 Å². The smallest absolute Gasteiger partial charge is 0.454 e. The fourth-order valence-corrected chi connectivity index (χ4v) is 7.20. The SMILES string of the molecule is CC(OC(=O)OC[C@H]1O[C@@H](n2cnc3c(=O)[nH]cnc32)C[C@@H]1OP(OCCC#N)N(C(C)C)C(C)C)c1cc2c(cc1[N+](=O)[O-])OCO2. The predicted octanol–water partition coefficient (Wildman–Crippen LogP) is 4.62. The molecule has 5 rings (SSSR count). The topological polar surface area (TPSA) is 215 Å². The number of nitrogens with zero attached hydrogens (tertiary/aromatic N) is 6. The highest BCUT2D eigenvalue weighted by atomic mass is 31.2. The van der Waals surface area contributed by atoms with Crippen molar-refractivity contribution in [2.45, 2.75) is 84.1 Å². The lowest BCUT2D eigenvalue weighted by Gasteiger charge is -2.37. The summed E-state index contributed by atoms with van der Waals surface area (Å²) in [6.07, 6.45) is -1.32. The number of benzene rings is 1. The minimum absolute atomic E-state index is 0.0243. The van der Waals surface area contributed by atoms with Gasteiger partial charge in [-0.25, -0.2) is 19.4 Å². The quantitative estimate of drug-likeness (QED) is 0.0803. The molecule has 4 heterocycles. The molecule has 258 valence electrons. The summed E-state index contributed by atoms with van der Waals surface area (Å²) in [6, 6.07) is 4.73. The molecule has 3 aromatic rings. The number of carbonyl (C=O) groups is 1. The molecule has 1 fully saturated rings. The minimum Gasteiger partial charge on any atom is -0.454 e. The second kappa shape index (κ2) is 15.2. The van der Waals surface area contributed by atoms with Crippen LogP contribution in [0.25, 0.3) is 11.2 Å². The Bertz CT molecular complexity index is 1720. The highest BCUT2D eigenvalue weighted by molar-refractivity contribution is 7.44. The number of aromatic nitrogens is 4. The van der Waals surface area contributed by atoms with Gasteiger partial charge >= 0.3 is 6.16 Å². The zero-order valence-electron chi connectivity index (χ0n) is 26.9. The third-order valence-corrected chi connectivity index (χ3v) is 9.69. The highest BCUT2D eigenvalue weighted by Crippen LogP contribution is 2.50. The molecule has 1 N–H and O–H groups in total. The van der Waals surface area contributed by atoms with E-state index >= 15 is 0 Å². The first-order valence-electron chi connectivity index (χ1n) is 15.2. The molecule has 18 nitrogen and oxygen atoms in total. The van der Waals surface area contributed by atoms with Gasteiger partial charge < -0.3 is 37.7 Å². The highest BCUT2D eigenvalue weighted by Gasteiger charge is 2.42. The molecule has 1 saturated heterocycles. The Hall–Kier alpha value is -4.40. The van der Waals surface area contributed by atoms with Crippen LogP contribution in [-0.4, -0.2) is 79.6 Å². The summed E-state index contributed by atoms with van der Waals surface area (Å²) in [5.74, 6) is 0.508. The number of fused-ring (bicyclic) bond motifs is 2. The number of aromatic amines is 1. The molecule has 0 saturated carbocycles. The van der Waals surface area contributed by atoms with Crippen LogP contribution in [0, 0.1) is 21.4 Å². The van der Waals surface area contributed by atoms with Gasteiger partial charge in [0.05, 0.1) is 54.4 Å². The number of nitro benzene ring substituents is 1. The van der Waals surface area contributed by atoms with E-state index in [2.05, 4.69) is 25.7 Å². The molecule has 0 bridgehead atoms. The molecule has 2 aliphatic heterocycles. The summed E-state index contributed by atoms with van der Waals surface area (Å²) in [6.45, 7) is 9.22. The number of nitrogens with one attached hydrogen (secondary N) is 1. The summed E-state index contributed by atoms with van der Waals surface area (Å²) in [5, 5.41) is 20.8. The van der Waals surface area contributed by atoms with Crippen LogP contribution in [0.15, 0.2) is 29.6 Å². The van der Waals surface area contributed by atoms with Crippen LogP contribution < -0.4 is 15.0 Å².